The molecule has 0 spiro atoms. The van der Waals surface area contributed by atoms with Crippen molar-refractivity contribution in [2.24, 2.45) is 10.8 Å². The topological polar surface area (TPSA) is 38.3 Å². The number of carbonyl (C=O) groups excluding carboxylic acids is 1. The van der Waals surface area contributed by atoms with Crippen LogP contribution in [0.3, 0.4) is 0 Å². The van der Waals surface area contributed by atoms with Crippen LogP contribution in [0.15, 0.2) is 12.2 Å². The van der Waals surface area contributed by atoms with Gasteiger partial charge in [0.2, 0.25) is 0 Å². The summed E-state index contributed by atoms with van der Waals surface area (Å²) in [5.41, 5.74) is -0.174. The number of rotatable bonds is 7. The van der Waals surface area contributed by atoms with E-state index in [9.17, 15) is 13.6 Å². The van der Waals surface area contributed by atoms with E-state index in [2.05, 4.69) is 5.32 Å². The molecule has 1 amide bonds. The molecule has 0 fully saturated rings. The van der Waals surface area contributed by atoms with Gasteiger partial charge in [0, 0.05) is 13.0 Å². The minimum absolute atomic E-state index is 0.0462. The normalized spacial score (nSPS) is 13.7. The van der Waals surface area contributed by atoms with E-state index in [0.717, 1.165) is 0 Å². The van der Waals surface area contributed by atoms with Crippen molar-refractivity contribution in [3.8, 4) is 0 Å². The fourth-order valence-electron chi connectivity index (χ4n) is 1.30. The molecule has 0 atom stereocenters. The predicted octanol–water partition coefficient (Wildman–Crippen LogP) is 3.79. The van der Waals surface area contributed by atoms with Crippen LogP contribution in [0.1, 0.15) is 48.0 Å². The first kappa shape index (κ1) is 20.0. The van der Waals surface area contributed by atoms with Crippen molar-refractivity contribution < 1.29 is 18.3 Å². The van der Waals surface area contributed by atoms with Gasteiger partial charge in [-0.3, -0.25) is 4.79 Å². The minimum Gasteiger partial charge on any atom is -0.377 e. The Balaban J connectivity index is 4.08. The van der Waals surface area contributed by atoms with Crippen LogP contribution < -0.4 is 5.32 Å². The Hall–Kier alpha value is -0.970. The summed E-state index contributed by atoms with van der Waals surface area (Å²) < 4.78 is 32.5. The highest BCUT2D eigenvalue weighted by Crippen LogP contribution is 2.20. The van der Waals surface area contributed by atoms with Crippen molar-refractivity contribution in [2.45, 2.75) is 53.9 Å². The van der Waals surface area contributed by atoms with Gasteiger partial charge in [-0.15, -0.1) is 0 Å². The molecule has 0 rings (SSSR count). The summed E-state index contributed by atoms with van der Waals surface area (Å²) in [7, 11) is 0. The largest absolute Gasteiger partial charge is 0.377 e. The Morgan fingerprint density at radius 2 is 1.62 bits per heavy atom. The second-order valence-electron chi connectivity index (χ2n) is 7.70. The monoisotopic (exact) mass is 305 g/mol. The number of hydrogen-bond donors (Lipinski definition) is 1. The van der Waals surface area contributed by atoms with Crippen molar-refractivity contribution in [3.63, 3.8) is 0 Å². The maximum Gasteiger partial charge on any atom is 0.327 e. The van der Waals surface area contributed by atoms with Crippen molar-refractivity contribution in [3.05, 3.63) is 12.2 Å². The Morgan fingerprint density at radius 3 is 2.10 bits per heavy atom. The molecule has 0 aromatic carbocycles. The first-order valence-electron chi connectivity index (χ1n) is 7.22. The number of hydrogen-bond acceptors (Lipinski definition) is 2. The molecule has 0 saturated heterocycles. The highest BCUT2D eigenvalue weighted by Gasteiger charge is 2.37. The quantitative estimate of drug-likeness (QED) is 0.574. The fourth-order valence-corrected chi connectivity index (χ4v) is 1.30. The SMILES string of the molecule is CC(C)(C)CNC(=O)C(F)(F)CC=CCOCC(C)(C)C. The molecule has 21 heavy (non-hydrogen) atoms. The number of ether oxygens (including phenoxy) is 1. The van der Waals surface area contributed by atoms with Gasteiger partial charge in [-0.1, -0.05) is 53.7 Å². The highest BCUT2D eigenvalue weighted by molar-refractivity contribution is 5.83. The summed E-state index contributed by atoms with van der Waals surface area (Å²) in [6, 6.07) is 0. The van der Waals surface area contributed by atoms with Crippen LogP contribution >= 0.6 is 0 Å². The lowest BCUT2D eigenvalue weighted by molar-refractivity contribution is -0.145. The van der Waals surface area contributed by atoms with E-state index in [1.165, 1.54) is 12.2 Å². The van der Waals surface area contributed by atoms with Gasteiger partial charge < -0.3 is 10.1 Å². The van der Waals surface area contributed by atoms with E-state index in [0.29, 0.717) is 6.61 Å². The molecule has 0 unspecified atom stereocenters. The van der Waals surface area contributed by atoms with Crippen LogP contribution in [-0.4, -0.2) is 31.6 Å². The van der Waals surface area contributed by atoms with Crippen molar-refractivity contribution >= 4 is 5.91 Å². The molecule has 0 aliphatic carbocycles. The van der Waals surface area contributed by atoms with Crippen LogP contribution in [0.25, 0.3) is 0 Å². The fraction of sp³-hybridized carbons (Fsp3) is 0.812. The molecule has 124 valence electrons. The van der Waals surface area contributed by atoms with Gasteiger partial charge in [0.1, 0.15) is 0 Å². The number of allylic oxidation sites excluding steroid dienone is 1. The van der Waals surface area contributed by atoms with Crippen molar-refractivity contribution in [1.29, 1.82) is 0 Å². The van der Waals surface area contributed by atoms with Gasteiger partial charge in [0.15, 0.2) is 0 Å². The number of amides is 1. The van der Waals surface area contributed by atoms with E-state index in [4.69, 9.17) is 4.74 Å². The molecule has 0 aromatic rings. The second kappa shape index (κ2) is 7.87. The van der Waals surface area contributed by atoms with Gasteiger partial charge in [0.05, 0.1) is 13.2 Å². The average molecular weight is 305 g/mol. The second-order valence-corrected chi connectivity index (χ2v) is 7.70. The van der Waals surface area contributed by atoms with E-state index < -0.39 is 18.3 Å². The number of halogens is 2. The lowest BCUT2D eigenvalue weighted by Gasteiger charge is -2.21. The van der Waals surface area contributed by atoms with Crippen LogP contribution in [0.4, 0.5) is 8.78 Å². The van der Waals surface area contributed by atoms with Gasteiger partial charge in [-0.25, -0.2) is 0 Å². The van der Waals surface area contributed by atoms with Gasteiger partial charge in [-0.2, -0.15) is 8.78 Å². The summed E-state index contributed by atoms with van der Waals surface area (Å²) in [5, 5.41) is 2.28. The van der Waals surface area contributed by atoms with E-state index in [1.807, 2.05) is 41.5 Å². The Labute approximate surface area is 127 Å². The summed E-state index contributed by atoms with van der Waals surface area (Å²) in [6.07, 6.45) is 2.21. The van der Waals surface area contributed by atoms with Crippen LogP contribution in [-0.2, 0) is 9.53 Å². The van der Waals surface area contributed by atoms with E-state index >= 15 is 0 Å². The third kappa shape index (κ3) is 11.4. The highest BCUT2D eigenvalue weighted by atomic mass is 19.3. The number of carbonyl (C=O) groups is 1. The van der Waals surface area contributed by atoms with Crippen LogP contribution in [0.5, 0.6) is 0 Å². The maximum absolute atomic E-state index is 13.6. The van der Waals surface area contributed by atoms with Gasteiger partial charge >= 0.3 is 5.92 Å². The summed E-state index contributed by atoms with van der Waals surface area (Å²) in [6.45, 7) is 12.8. The molecule has 0 heterocycles. The molecule has 3 nitrogen and oxygen atoms in total. The Morgan fingerprint density at radius 1 is 1.05 bits per heavy atom. The van der Waals surface area contributed by atoms with E-state index in [-0.39, 0.29) is 24.0 Å². The average Bonchev–Trinajstić information content (AvgIpc) is 2.28. The molecular weight excluding hydrogens is 276 g/mol. The smallest absolute Gasteiger partial charge is 0.327 e. The zero-order chi connectivity index (χ0) is 16.7. The molecule has 0 saturated carbocycles. The van der Waals surface area contributed by atoms with E-state index in [1.54, 1.807) is 0 Å². The third-order valence-corrected chi connectivity index (χ3v) is 2.40. The molecule has 1 N–H and O–H groups in total. The van der Waals surface area contributed by atoms with Crippen molar-refractivity contribution in [2.75, 3.05) is 19.8 Å². The number of alkyl halides is 2. The Bertz CT molecular complexity index is 352. The zero-order valence-corrected chi connectivity index (χ0v) is 14.1. The standard InChI is InChI=1S/C16H29F2NO2/c1-14(2,3)11-19-13(20)16(17,18)9-7-8-10-21-12-15(4,5)6/h7-8H,9-12H2,1-6H3,(H,19,20). The van der Waals surface area contributed by atoms with Crippen molar-refractivity contribution in [1.82, 2.24) is 5.32 Å². The third-order valence-electron chi connectivity index (χ3n) is 2.40. The minimum atomic E-state index is -3.38. The molecule has 0 radical (unpaired) electrons. The summed E-state index contributed by atoms with van der Waals surface area (Å²) in [4.78, 5) is 11.4. The molecular formula is C16H29F2NO2. The van der Waals surface area contributed by atoms with Crippen LogP contribution in [0, 0.1) is 10.8 Å². The Kier molecular flexibility index (Phi) is 7.51. The molecule has 0 bridgehead atoms. The molecule has 0 aromatic heterocycles. The molecule has 0 aliphatic rings. The predicted molar refractivity (Wildman–Crippen MR) is 81.4 cm³/mol. The first-order chi connectivity index (χ1) is 9.33. The van der Waals surface area contributed by atoms with Gasteiger partial charge in [0.25, 0.3) is 5.91 Å². The molecule has 0 aliphatic heterocycles. The molecule has 5 heteroatoms. The van der Waals surface area contributed by atoms with Crippen LogP contribution in [0.2, 0.25) is 0 Å². The number of nitrogens with one attached hydrogen (secondary N) is 1. The lowest BCUT2D eigenvalue weighted by Crippen LogP contribution is -2.43. The lowest BCUT2D eigenvalue weighted by atomic mass is 9.97. The zero-order valence-electron chi connectivity index (χ0n) is 14.1. The summed E-state index contributed by atoms with van der Waals surface area (Å²) in [5.74, 6) is -4.61. The van der Waals surface area contributed by atoms with Gasteiger partial charge in [-0.05, 0) is 10.8 Å². The summed E-state index contributed by atoms with van der Waals surface area (Å²) >= 11 is 0. The first-order valence-corrected chi connectivity index (χ1v) is 7.22. The maximum atomic E-state index is 13.6.